The van der Waals surface area contributed by atoms with Crippen LogP contribution in [0.25, 0.3) is 16.5 Å². The van der Waals surface area contributed by atoms with Crippen LogP contribution < -0.4 is 4.74 Å². The third kappa shape index (κ3) is 2.99. The van der Waals surface area contributed by atoms with Crippen molar-refractivity contribution in [2.24, 2.45) is 0 Å². The average molecular weight is 336 g/mol. The number of nitrogens with zero attached hydrogens (tertiary/aromatic N) is 1. The molecule has 3 heteroatoms. The predicted molar refractivity (Wildman–Crippen MR) is 103 cm³/mol. The van der Waals surface area contributed by atoms with Gasteiger partial charge in [0.2, 0.25) is 0 Å². The molecule has 3 aliphatic rings. The van der Waals surface area contributed by atoms with Crippen molar-refractivity contribution in [1.29, 1.82) is 0 Å². The Morgan fingerprint density at radius 1 is 1.04 bits per heavy atom. The first-order valence-corrected chi connectivity index (χ1v) is 10.1. The maximum atomic E-state index is 6.30. The van der Waals surface area contributed by atoms with Crippen LogP contribution in [0.2, 0.25) is 0 Å². The van der Waals surface area contributed by atoms with Crippen molar-refractivity contribution in [3.8, 4) is 5.75 Å². The fourth-order valence-electron chi connectivity index (χ4n) is 4.97. The third-order valence-electron chi connectivity index (χ3n) is 6.38. The van der Waals surface area contributed by atoms with Gasteiger partial charge in [-0.2, -0.15) is 0 Å². The van der Waals surface area contributed by atoms with E-state index in [1.807, 2.05) is 0 Å². The Bertz CT molecular complexity index is 784. The molecule has 1 saturated heterocycles. The average Bonchev–Trinajstić information content (AvgIpc) is 3.28. The Balaban J connectivity index is 1.42. The van der Waals surface area contributed by atoms with Gasteiger partial charge in [0.05, 0.1) is 6.10 Å². The number of aromatic nitrogens is 1. The molecule has 3 heterocycles. The van der Waals surface area contributed by atoms with Gasteiger partial charge in [0.15, 0.2) is 0 Å². The lowest BCUT2D eigenvalue weighted by atomic mass is 9.94. The zero-order chi connectivity index (χ0) is 16.6. The van der Waals surface area contributed by atoms with E-state index in [0.29, 0.717) is 6.10 Å². The van der Waals surface area contributed by atoms with E-state index in [9.17, 15) is 0 Å². The highest BCUT2D eigenvalue weighted by Crippen LogP contribution is 2.36. The first-order valence-electron chi connectivity index (χ1n) is 10.1. The molecule has 1 N–H and O–H groups in total. The SMILES string of the molecule is C1=C(c2c[nH]c3ccc(OC4CCCCC4)cc23)C[C@H]2CCCN2C1. The molecular weight excluding hydrogens is 308 g/mol. The Kier molecular flexibility index (Phi) is 4.05. The molecule has 5 rings (SSSR count). The molecule has 0 radical (unpaired) electrons. The molecule has 132 valence electrons. The van der Waals surface area contributed by atoms with Crippen LogP contribution in [-0.2, 0) is 0 Å². The van der Waals surface area contributed by atoms with Crippen LogP contribution in [0.15, 0.2) is 30.5 Å². The van der Waals surface area contributed by atoms with Crippen LogP contribution >= 0.6 is 0 Å². The lowest BCUT2D eigenvalue weighted by molar-refractivity contribution is 0.155. The molecule has 2 fully saturated rings. The first-order chi connectivity index (χ1) is 12.4. The lowest BCUT2D eigenvalue weighted by Crippen LogP contribution is -2.32. The zero-order valence-corrected chi connectivity index (χ0v) is 15.0. The minimum atomic E-state index is 0.412. The molecule has 0 unspecified atom stereocenters. The van der Waals surface area contributed by atoms with Crippen molar-refractivity contribution in [3.05, 3.63) is 36.0 Å². The summed E-state index contributed by atoms with van der Waals surface area (Å²) in [6, 6.07) is 7.33. The number of nitrogens with one attached hydrogen (secondary N) is 1. The quantitative estimate of drug-likeness (QED) is 0.841. The van der Waals surface area contributed by atoms with E-state index in [-0.39, 0.29) is 0 Å². The van der Waals surface area contributed by atoms with E-state index in [1.54, 1.807) is 0 Å². The summed E-state index contributed by atoms with van der Waals surface area (Å²) in [5.74, 6) is 1.04. The Labute approximate surface area is 150 Å². The summed E-state index contributed by atoms with van der Waals surface area (Å²) in [6.07, 6.45) is 15.4. The van der Waals surface area contributed by atoms with Crippen LogP contribution in [0.1, 0.15) is 56.9 Å². The Morgan fingerprint density at radius 3 is 2.88 bits per heavy atom. The fourth-order valence-corrected chi connectivity index (χ4v) is 4.97. The van der Waals surface area contributed by atoms with Gasteiger partial charge < -0.3 is 9.72 Å². The number of benzene rings is 1. The van der Waals surface area contributed by atoms with Crippen molar-refractivity contribution in [2.45, 2.75) is 63.5 Å². The minimum absolute atomic E-state index is 0.412. The van der Waals surface area contributed by atoms with E-state index in [1.165, 1.54) is 80.0 Å². The second kappa shape index (κ2) is 6.53. The molecule has 0 bridgehead atoms. The van der Waals surface area contributed by atoms with Gasteiger partial charge >= 0.3 is 0 Å². The Hall–Kier alpha value is -1.74. The van der Waals surface area contributed by atoms with Crippen LogP contribution in [0, 0.1) is 0 Å². The second-order valence-corrected chi connectivity index (χ2v) is 8.01. The van der Waals surface area contributed by atoms with Gasteiger partial charge in [-0.3, -0.25) is 4.90 Å². The Morgan fingerprint density at radius 2 is 1.96 bits per heavy atom. The maximum absolute atomic E-state index is 6.30. The number of fused-ring (bicyclic) bond motifs is 2. The molecular formula is C22H28N2O. The molecule has 2 aromatic rings. The van der Waals surface area contributed by atoms with Crippen molar-refractivity contribution in [3.63, 3.8) is 0 Å². The summed E-state index contributed by atoms with van der Waals surface area (Å²) in [7, 11) is 0. The van der Waals surface area contributed by atoms with Gasteiger partial charge in [0.25, 0.3) is 0 Å². The highest BCUT2D eigenvalue weighted by molar-refractivity contribution is 5.93. The van der Waals surface area contributed by atoms with Gasteiger partial charge in [0, 0.05) is 35.2 Å². The molecule has 1 aromatic carbocycles. The van der Waals surface area contributed by atoms with Crippen molar-refractivity contribution >= 4 is 16.5 Å². The molecule has 3 nitrogen and oxygen atoms in total. The van der Waals surface area contributed by atoms with E-state index in [2.05, 4.69) is 40.4 Å². The van der Waals surface area contributed by atoms with Crippen LogP contribution in [0.4, 0.5) is 0 Å². The summed E-state index contributed by atoms with van der Waals surface area (Å²) >= 11 is 0. The standard InChI is InChI=1S/C22H28N2O/c1-2-6-18(7-3-1)25-19-8-9-22-20(14-19)21(15-23-22)16-10-12-24-11-4-5-17(24)13-16/h8-10,14-15,17-18,23H,1-7,11-13H2/t17-/m1/s1. The smallest absolute Gasteiger partial charge is 0.120 e. The normalized spacial score (nSPS) is 25.1. The molecule has 0 spiro atoms. The molecule has 25 heavy (non-hydrogen) atoms. The summed E-state index contributed by atoms with van der Waals surface area (Å²) < 4.78 is 6.30. The molecule has 1 atom stereocenters. The van der Waals surface area contributed by atoms with Crippen molar-refractivity contribution < 1.29 is 4.74 Å². The first kappa shape index (κ1) is 15.5. The van der Waals surface area contributed by atoms with Crippen LogP contribution in [-0.4, -0.2) is 35.1 Å². The van der Waals surface area contributed by atoms with Gasteiger partial charge in [0.1, 0.15) is 5.75 Å². The monoisotopic (exact) mass is 336 g/mol. The van der Waals surface area contributed by atoms with Gasteiger partial charge in [-0.25, -0.2) is 0 Å². The van der Waals surface area contributed by atoms with Gasteiger partial charge in [-0.05, 0) is 75.3 Å². The van der Waals surface area contributed by atoms with Crippen LogP contribution in [0.3, 0.4) is 0 Å². The zero-order valence-electron chi connectivity index (χ0n) is 15.0. The summed E-state index contributed by atoms with van der Waals surface area (Å²) in [6.45, 7) is 2.40. The van der Waals surface area contributed by atoms with E-state index < -0.39 is 0 Å². The predicted octanol–water partition coefficient (Wildman–Crippen LogP) is 5.13. The number of aromatic amines is 1. The van der Waals surface area contributed by atoms with Crippen molar-refractivity contribution in [2.75, 3.05) is 13.1 Å². The fraction of sp³-hybridized carbons (Fsp3) is 0.545. The topological polar surface area (TPSA) is 28.3 Å². The lowest BCUT2D eigenvalue weighted by Gasteiger charge is -2.29. The van der Waals surface area contributed by atoms with E-state index >= 15 is 0 Å². The summed E-state index contributed by atoms with van der Waals surface area (Å²) in [5.41, 5.74) is 4.13. The highest BCUT2D eigenvalue weighted by Gasteiger charge is 2.28. The van der Waals surface area contributed by atoms with E-state index in [4.69, 9.17) is 4.74 Å². The largest absolute Gasteiger partial charge is 0.490 e. The number of H-pyrrole nitrogens is 1. The van der Waals surface area contributed by atoms with E-state index in [0.717, 1.165) is 18.3 Å². The van der Waals surface area contributed by atoms with Gasteiger partial charge in [-0.15, -0.1) is 0 Å². The summed E-state index contributed by atoms with van der Waals surface area (Å²) in [5, 5.41) is 1.33. The van der Waals surface area contributed by atoms with Gasteiger partial charge in [-0.1, -0.05) is 12.5 Å². The molecule has 1 aromatic heterocycles. The number of rotatable bonds is 3. The second-order valence-electron chi connectivity index (χ2n) is 8.01. The minimum Gasteiger partial charge on any atom is -0.490 e. The van der Waals surface area contributed by atoms with Crippen molar-refractivity contribution in [1.82, 2.24) is 9.88 Å². The number of ether oxygens (including phenoxy) is 1. The summed E-state index contributed by atoms with van der Waals surface area (Å²) in [4.78, 5) is 6.10. The number of hydrogen-bond donors (Lipinski definition) is 1. The highest BCUT2D eigenvalue weighted by atomic mass is 16.5. The number of hydrogen-bond acceptors (Lipinski definition) is 2. The van der Waals surface area contributed by atoms with Crippen LogP contribution in [0.5, 0.6) is 5.75 Å². The molecule has 1 aliphatic carbocycles. The third-order valence-corrected chi connectivity index (χ3v) is 6.38. The molecule has 2 aliphatic heterocycles. The molecule has 1 saturated carbocycles. The molecule has 0 amide bonds. The maximum Gasteiger partial charge on any atom is 0.120 e.